The van der Waals surface area contributed by atoms with Crippen LogP contribution in [0.4, 0.5) is 5.69 Å². The quantitative estimate of drug-likeness (QED) is 0.661. The molecule has 3 rings (SSSR count). The fourth-order valence-electron chi connectivity index (χ4n) is 3.00. The van der Waals surface area contributed by atoms with Gasteiger partial charge in [0.2, 0.25) is 0 Å². The highest BCUT2D eigenvalue weighted by atomic mass is 35.5. The normalized spacial score (nSPS) is 14.3. The summed E-state index contributed by atoms with van der Waals surface area (Å²) >= 11 is 7.49. The van der Waals surface area contributed by atoms with E-state index >= 15 is 0 Å². The summed E-state index contributed by atoms with van der Waals surface area (Å²) in [6.45, 7) is 5.96. The summed E-state index contributed by atoms with van der Waals surface area (Å²) in [7, 11) is 1.50. The van der Waals surface area contributed by atoms with Gasteiger partial charge in [-0.2, -0.15) is 0 Å². The van der Waals surface area contributed by atoms with Crippen molar-refractivity contribution in [3.8, 4) is 5.75 Å². The lowest BCUT2D eigenvalue weighted by atomic mass is 10.0. The van der Waals surface area contributed by atoms with Crippen LogP contribution in [0.2, 0.25) is 5.02 Å². The first-order valence-electron chi connectivity index (χ1n) is 8.56. The second-order valence-electron chi connectivity index (χ2n) is 6.20. The molecular formula is C21H20ClNO3S. The fraction of sp³-hybridized carbons (Fsp3) is 0.238. The lowest BCUT2D eigenvalue weighted by Gasteiger charge is -2.18. The van der Waals surface area contributed by atoms with Crippen LogP contribution in [0.5, 0.6) is 5.75 Å². The van der Waals surface area contributed by atoms with Gasteiger partial charge in [-0.1, -0.05) is 36.7 Å². The number of amides is 2. The Labute approximate surface area is 168 Å². The molecule has 0 N–H and O–H groups in total. The molecule has 1 aliphatic rings. The number of nitrogens with zero attached hydrogens (tertiary/aromatic N) is 1. The van der Waals surface area contributed by atoms with Gasteiger partial charge in [-0.25, -0.2) is 4.90 Å². The lowest BCUT2D eigenvalue weighted by Crippen LogP contribution is -2.31. The van der Waals surface area contributed by atoms with E-state index in [4.69, 9.17) is 16.3 Å². The Morgan fingerprint density at radius 1 is 1.04 bits per heavy atom. The van der Waals surface area contributed by atoms with Gasteiger partial charge >= 0.3 is 0 Å². The van der Waals surface area contributed by atoms with Crippen molar-refractivity contribution >= 4 is 46.4 Å². The molecule has 2 aromatic rings. The SMILES string of the molecule is CCSC1=C(c2ccc(C)c(C)c2)C(=O)N(c2cc(Cl)ccc2OC)C1=O. The molecule has 0 aromatic heterocycles. The van der Waals surface area contributed by atoms with E-state index < -0.39 is 0 Å². The van der Waals surface area contributed by atoms with Gasteiger partial charge in [0.15, 0.2) is 0 Å². The maximum atomic E-state index is 13.3. The number of imide groups is 1. The number of halogens is 1. The van der Waals surface area contributed by atoms with Gasteiger partial charge in [0.05, 0.1) is 23.3 Å². The van der Waals surface area contributed by atoms with Crippen molar-refractivity contribution in [2.75, 3.05) is 17.8 Å². The molecule has 0 fully saturated rings. The van der Waals surface area contributed by atoms with Crippen LogP contribution in [-0.4, -0.2) is 24.7 Å². The van der Waals surface area contributed by atoms with Crippen LogP contribution >= 0.6 is 23.4 Å². The Hall–Kier alpha value is -2.24. The predicted octanol–water partition coefficient (Wildman–Crippen LogP) is 5.00. The smallest absolute Gasteiger partial charge is 0.272 e. The van der Waals surface area contributed by atoms with Gasteiger partial charge in [-0.3, -0.25) is 9.59 Å². The number of carbonyl (C=O) groups excluding carboxylic acids is 2. The van der Waals surface area contributed by atoms with Gasteiger partial charge < -0.3 is 4.74 Å². The molecule has 4 nitrogen and oxygen atoms in total. The van der Waals surface area contributed by atoms with Crippen molar-refractivity contribution < 1.29 is 14.3 Å². The maximum Gasteiger partial charge on any atom is 0.272 e. The first-order valence-corrected chi connectivity index (χ1v) is 9.92. The largest absolute Gasteiger partial charge is 0.495 e. The van der Waals surface area contributed by atoms with E-state index in [1.165, 1.54) is 18.9 Å². The summed E-state index contributed by atoms with van der Waals surface area (Å²) in [4.78, 5) is 28.1. The molecule has 0 radical (unpaired) electrons. The summed E-state index contributed by atoms with van der Waals surface area (Å²) in [6.07, 6.45) is 0. The molecule has 0 spiro atoms. The monoisotopic (exact) mass is 401 g/mol. The molecule has 0 atom stereocenters. The topological polar surface area (TPSA) is 46.6 Å². The van der Waals surface area contributed by atoms with Crippen molar-refractivity contribution in [3.63, 3.8) is 0 Å². The van der Waals surface area contributed by atoms with Crippen LogP contribution < -0.4 is 9.64 Å². The van der Waals surface area contributed by atoms with Gasteiger partial charge in [0, 0.05) is 5.02 Å². The summed E-state index contributed by atoms with van der Waals surface area (Å²) in [5.41, 5.74) is 3.73. The van der Waals surface area contributed by atoms with E-state index in [9.17, 15) is 9.59 Å². The first-order chi connectivity index (χ1) is 12.9. The predicted molar refractivity (Wildman–Crippen MR) is 111 cm³/mol. The van der Waals surface area contributed by atoms with Crippen LogP contribution in [0, 0.1) is 13.8 Å². The van der Waals surface area contributed by atoms with Crippen molar-refractivity contribution in [1.29, 1.82) is 0 Å². The number of benzene rings is 2. The Morgan fingerprint density at radius 2 is 1.78 bits per heavy atom. The van der Waals surface area contributed by atoms with Crippen LogP contribution in [0.15, 0.2) is 41.3 Å². The summed E-state index contributed by atoms with van der Waals surface area (Å²) in [5.74, 6) is 0.396. The van der Waals surface area contributed by atoms with Crippen molar-refractivity contribution in [2.24, 2.45) is 0 Å². The number of methoxy groups -OCH3 is 1. The molecule has 0 aliphatic carbocycles. The van der Waals surface area contributed by atoms with E-state index in [1.807, 2.05) is 39.0 Å². The highest BCUT2D eigenvalue weighted by Gasteiger charge is 2.41. The van der Waals surface area contributed by atoms with E-state index in [0.717, 1.165) is 21.6 Å². The Kier molecular flexibility index (Phi) is 5.63. The third kappa shape index (κ3) is 3.49. The van der Waals surface area contributed by atoms with Crippen molar-refractivity contribution in [3.05, 3.63) is 63.0 Å². The van der Waals surface area contributed by atoms with Crippen LogP contribution in [0.25, 0.3) is 5.57 Å². The minimum atomic E-state index is -0.361. The zero-order valence-corrected chi connectivity index (χ0v) is 17.2. The molecule has 0 unspecified atom stereocenters. The summed E-state index contributed by atoms with van der Waals surface area (Å²) < 4.78 is 5.35. The van der Waals surface area contributed by atoms with Gasteiger partial charge in [0.1, 0.15) is 5.75 Å². The number of aryl methyl sites for hydroxylation is 2. The highest BCUT2D eigenvalue weighted by molar-refractivity contribution is 8.04. The highest BCUT2D eigenvalue weighted by Crippen LogP contribution is 2.42. The second-order valence-corrected chi connectivity index (χ2v) is 7.91. The lowest BCUT2D eigenvalue weighted by molar-refractivity contribution is -0.119. The first kappa shape index (κ1) is 19.5. The Bertz CT molecular complexity index is 968. The molecule has 6 heteroatoms. The standard InChI is InChI=1S/C21H20ClNO3S/c1-5-27-19-18(14-7-6-12(2)13(3)10-14)20(24)23(21(19)25)16-11-15(22)8-9-17(16)26-4/h6-11H,5H2,1-4H3. The number of ether oxygens (including phenoxy) is 1. The maximum absolute atomic E-state index is 13.3. The van der Waals surface area contributed by atoms with E-state index in [2.05, 4.69) is 0 Å². The summed E-state index contributed by atoms with van der Waals surface area (Å²) in [6, 6.07) is 10.7. The van der Waals surface area contributed by atoms with Crippen LogP contribution in [-0.2, 0) is 9.59 Å². The zero-order valence-electron chi connectivity index (χ0n) is 15.6. The molecule has 0 saturated carbocycles. The number of carbonyl (C=O) groups is 2. The summed E-state index contributed by atoms with van der Waals surface area (Å²) in [5, 5.41) is 0.427. The van der Waals surface area contributed by atoms with Gasteiger partial charge in [-0.15, -0.1) is 11.8 Å². The van der Waals surface area contributed by atoms with Gasteiger partial charge in [0.25, 0.3) is 11.8 Å². The molecule has 0 bridgehead atoms. The number of thioether (sulfide) groups is 1. The molecule has 140 valence electrons. The van der Waals surface area contributed by atoms with E-state index in [0.29, 0.717) is 32.7 Å². The van der Waals surface area contributed by atoms with Gasteiger partial charge in [-0.05, 0) is 54.5 Å². The number of anilines is 1. The molecule has 1 heterocycles. The third-order valence-corrected chi connectivity index (χ3v) is 5.70. The molecular weight excluding hydrogens is 382 g/mol. The minimum Gasteiger partial charge on any atom is -0.495 e. The average molecular weight is 402 g/mol. The van der Waals surface area contributed by atoms with Crippen molar-refractivity contribution in [2.45, 2.75) is 20.8 Å². The number of hydrogen-bond donors (Lipinski definition) is 0. The molecule has 0 saturated heterocycles. The minimum absolute atomic E-state index is 0.347. The molecule has 2 amide bonds. The second kappa shape index (κ2) is 7.79. The zero-order chi connectivity index (χ0) is 19.7. The molecule has 2 aromatic carbocycles. The molecule has 1 aliphatic heterocycles. The van der Waals surface area contributed by atoms with Crippen molar-refractivity contribution in [1.82, 2.24) is 0 Å². The van der Waals surface area contributed by atoms with E-state index in [1.54, 1.807) is 18.2 Å². The Morgan fingerprint density at radius 3 is 2.41 bits per heavy atom. The van der Waals surface area contributed by atoms with Crippen LogP contribution in [0.3, 0.4) is 0 Å². The Balaban J connectivity index is 2.16. The van der Waals surface area contributed by atoms with Crippen LogP contribution in [0.1, 0.15) is 23.6 Å². The number of rotatable bonds is 5. The third-order valence-electron chi connectivity index (χ3n) is 4.51. The van der Waals surface area contributed by atoms with E-state index in [-0.39, 0.29) is 11.8 Å². The average Bonchev–Trinajstić information content (AvgIpc) is 2.88. The fourth-order valence-corrected chi connectivity index (χ4v) is 4.02. The number of hydrogen-bond acceptors (Lipinski definition) is 4. The molecule has 27 heavy (non-hydrogen) atoms.